The van der Waals surface area contributed by atoms with E-state index in [4.69, 9.17) is 14.2 Å². The summed E-state index contributed by atoms with van der Waals surface area (Å²) < 4.78 is 15.9. The number of carbonyl (C=O) groups excluding carboxylic acids is 1. The Morgan fingerprint density at radius 3 is 2.96 bits per heavy atom. The molecule has 0 aromatic heterocycles. The van der Waals surface area contributed by atoms with Gasteiger partial charge >= 0.3 is 0 Å². The van der Waals surface area contributed by atoms with Gasteiger partial charge in [-0.25, -0.2) is 5.43 Å². The number of ether oxygens (including phenoxy) is 3. The lowest BCUT2D eigenvalue weighted by atomic mass is 10.1. The quantitative estimate of drug-likeness (QED) is 0.679. The number of nitrogens with zero attached hydrogens (tertiary/aromatic N) is 1. The minimum Gasteiger partial charge on any atom is -0.484 e. The lowest BCUT2D eigenvalue weighted by Gasteiger charge is -2.05. The molecule has 1 amide bonds. The van der Waals surface area contributed by atoms with Gasteiger partial charge < -0.3 is 14.2 Å². The average molecular weight is 312 g/mol. The summed E-state index contributed by atoms with van der Waals surface area (Å²) in [7, 11) is 0. The molecule has 2 aromatic carbocycles. The maximum absolute atomic E-state index is 11.7. The summed E-state index contributed by atoms with van der Waals surface area (Å²) in [4.78, 5) is 11.7. The third-order valence-corrected chi connectivity index (χ3v) is 3.30. The standard InChI is InChI=1S/C17H16N2O4/c1-12-4-2-3-5-13(12)9-18-19-17(20)10-21-14-6-7-15-16(8-14)23-11-22-15/h2-9H,10-11H2,1H3,(H,19,20)/b18-9-. The van der Waals surface area contributed by atoms with Gasteiger partial charge in [0.1, 0.15) is 5.75 Å². The molecule has 1 heterocycles. The number of fused-ring (bicyclic) bond motifs is 1. The number of rotatable bonds is 5. The monoisotopic (exact) mass is 312 g/mol. The molecular weight excluding hydrogens is 296 g/mol. The van der Waals surface area contributed by atoms with Crippen LogP contribution in [0.4, 0.5) is 0 Å². The van der Waals surface area contributed by atoms with Crippen molar-refractivity contribution in [3.05, 3.63) is 53.6 Å². The van der Waals surface area contributed by atoms with E-state index in [1.165, 1.54) is 0 Å². The fourth-order valence-corrected chi connectivity index (χ4v) is 2.05. The molecule has 1 aliphatic rings. The zero-order chi connectivity index (χ0) is 16.1. The Bertz CT molecular complexity index is 743. The molecule has 0 radical (unpaired) electrons. The van der Waals surface area contributed by atoms with Crippen LogP contribution in [0.1, 0.15) is 11.1 Å². The minimum absolute atomic E-state index is 0.134. The van der Waals surface area contributed by atoms with E-state index in [1.807, 2.05) is 31.2 Å². The van der Waals surface area contributed by atoms with Crippen molar-refractivity contribution in [3.63, 3.8) is 0 Å². The molecule has 0 saturated carbocycles. The van der Waals surface area contributed by atoms with Crippen LogP contribution in [0.5, 0.6) is 17.2 Å². The second kappa shape index (κ2) is 6.83. The summed E-state index contributed by atoms with van der Waals surface area (Å²) >= 11 is 0. The normalized spacial score (nSPS) is 12.4. The van der Waals surface area contributed by atoms with Gasteiger partial charge in [0.15, 0.2) is 18.1 Å². The summed E-state index contributed by atoms with van der Waals surface area (Å²) in [6, 6.07) is 12.9. The van der Waals surface area contributed by atoms with Crippen molar-refractivity contribution in [3.8, 4) is 17.2 Å². The molecule has 0 unspecified atom stereocenters. The van der Waals surface area contributed by atoms with Crippen molar-refractivity contribution in [2.24, 2.45) is 5.10 Å². The fraction of sp³-hybridized carbons (Fsp3) is 0.176. The number of benzene rings is 2. The zero-order valence-corrected chi connectivity index (χ0v) is 12.6. The lowest BCUT2D eigenvalue weighted by Crippen LogP contribution is -2.24. The van der Waals surface area contributed by atoms with Gasteiger partial charge in [-0.05, 0) is 30.2 Å². The van der Waals surface area contributed by atoms with Crippen molar-refractivity contribution in [1.82, 2.24) is 5.43 Å². The van der Waals surface area contributed by atoms with Crippen LogP contribution in [0.25, 0.3) is 0 Å². The third kappa shape index (κ3) is 3.79. The Balaban J connectivity index is 1.49. The van der Waals surface area contributed by atoms with Crippen molar-refractivity contribution >= 4 is 12.1 Å². The first-order valence-corrected chi connectivity index (χ1v) is 7.12. The van der Waals surface area contributed by atoms with Crippen molar-refractivity contribution in [2.45, 2.75) is 6.92 Å². The van der Waals surface area contributed by atoms with E-state index in [0.717, 1.165) is 11.1 Å². The van der Waals surface area contributed by atoms with Gasteiger partial charge in [-0.15, -0.1) is 0 Å². The smallest absolute Gasteiger partial charge is 0.277 e. The molecule has 0 aliphatic carbocycles. The number of aryl methyl sites for hydroxylation is 1. The summed E-state index contributed by atoms with van der Waals surface area (Å²) in [5.41, 5.74) is 4.46. The SMILES string of the molecule is Cc1ccccc1/C=N\NC(=O)COc1ccc2c(c1)OCO2. The molecule has 1 N–H and O–H groups in total. The van der Waals surface area contributed by atoms with E-state index in [9.17, 15) is 4.79 Å². The van der Waals surface area contributed by atoms with Gasteiger partial charge in [0, 0.05) is 6.07 Å². The van der Waals surface area contributed by atoms with E-state index in [-0.39, 0.29) is 19.3 Å². The van der Waals surface area contributed by atoms with Crippen molar-refractivity contribution in [1.29, 1.82) is 0 Å². The molecule has 2 aromatic rings. The molecule has 6 nitrogen and oxygen atoms in total. The molecule has 0 fully saturated rings. The highest BCUT2D eigenvalue weighted by Gasteiger charge is 2.14. The van der Waals surface area contributed by atoms with Crippen LogP contribution >= 0.6 is 0 Å². The second-order valence-electron chi connectivity index (χ2n) is 4.95. The first-order valence-electron chi connectivity index (χ1n) is 7.12. The Morgan fingerprint density at radius 2 is 2.09 bits per heavy atom. The van der Waals surface area contributed by atoms with E-state index in [0.29, 0.717) is 17.2 Å². The summed E-state index contributed by atoms with van der Waals surface area (Å²) in [6.45, 7) is 2.05. The Labute approximate surface area is 133 Å². The molecule has 0 atom stereocenters. The van der Waals surface area contributed by atoms with Gasteiger partial charge in [-0.2, -0.15) is 5.10 Å². The lowest BCUT2D eigenvalue weighted by molar-refractivity contribution is -0.123. The highest BCUT2D eigenvalue weighted by Crippen LogP contribution is 2.34. The maximum Gasteiger partial charge on any atom is 0.277 e. The number of nitrogens with one attached hydrogen (secondary N) is 1. The molecule has 0 spiro atoms. The Hall–Kier alpha value is -3.02. The van der Waals surface area contributed by atoms with E-state index in [1.54, 1.807) is 24.4 Å². The minimum atomic E-state index is -0.340. The molecular formula is C17H16N2O4. The third-order valence-electron chi connectivity index (χ3n) is 3.30. The molecule has 0 bridgehead atoms. The Morgan fingerprint density at radius 1 is 1.26 bits per heavy atom. The predicted molar refractivity (Wildman–Crippen MR) is 85.0 cm³/mol. The highest BCUT2D eigenvalue weighted by molar-refractivity contribution is 5.84. The van der Waals surface area contributed by atoms with Crippen molar-refractivity contribution in [2.75, 3.05) is 13.4 Å². The summed E-state index contributed by atoms with van der Waals surface area (Å²) in [5.74, 6) is 1.48. The van der Waals surface area contributed by atoms with Crippen LogP contribution in [0.15, 0.2) is 47.6 Å². The van der Waals surface area contributed by atoms with Crippen molar-refractivity contribution < 1.29 is 19.0 Å². The average Bonchev–Trinajstić information content (AvgIpc) is 3.02. The number of hydrazone groups is 1. The first kappa shape index (κ1) is 14.9. The number of hydrogen-bond acceptors (Lipinski definition) is 5. The Kier molecular flexibility index (Phi) is 4.42. The van der Waals surface area contributed by atoms with Crippen LogP contribution < -0.4 is 19.6 Å². The van der Waals surface area contributed by atoms with E-state index < -0.39 is 0 Å². The maximum atomic E-state index is 11.7. The first-order chi connectivity index (χ1) is 11.2. The number of carbonyl (C=O) groups is 1. The van der Waals surface area contributed by atoms with Crippen LogP contribution in [0, 0.1) is 6.92 Å². The molecule has 3 rings (SSSR count). The number of hydrogen-bond donors (Lipinski definition) is 1. The van der Waals surface area contributed by atoms with Gasteiger partial charge in [0.2, 0.25) is 6.79 Å². The predicted octanol–water partition coefficient (Wildman–Crippen LogP) is 2.25. The van der Waals surface area contributed by atoms with Crippen LogP contribution in [0.2, 0.25) is 0 Å². The van der Waals surface area contributed by atoms with E-state index >= 15 is 0 Å². The van der Waals surface area contributed by atoms with Gasteiger partial charge in [-0.3, -0.25) is 4.79 Å². The highest BCUT2D eigenvalue weighted by atomic mass is 16.7. The van der Waals surface area contributed by atoms with Crippen LogP contribution in [-0.4, -0.2) is 25.5 Å². The molecule has 118 valence electrons. The largest absolute Gasteiger partial charge is 0.484 e. The molecule has 23 heavy (non-hydrogen) atoms. The van der Waals surface area contributed by atoms with Gasteiger partial charge in [0.25, 0.3) is 5.91 Å². The van der Waals surface area contributed by atoms with E-state index in [2.05, 4.69) is 10.5 Å². The summed E-state index contributed by atoms with van der Waals surface area (Å²) in [6.07, 6.45) is 1.60. The van der Waals surface area contributed by atoms with Crippen LogP contribution in [0.3, 0.4) is 0 Å². The molecule has 0 saturated heterocycles. The number of amides is 1. The fourth-order valence-electron chi connectivity index (χ4n) is 2.05. The van der Waals surface area contributed by atoms with Crippen LogP contribution in [-0.2, 0) is 4.79 Å². The topological polar surface area (TPSA) is 69.2 Å². The molecule has 6 heteroatoms. The molecule has 1 aliphatic heterocycles. The second-order valence-corrected chi connectivity index (χ2v) is 4.95. The zero-order valence-electron chi connectivity index (χ0n) is 12.6. The van der Waals surface area contributed by atoms with Gasteiger partial charge in [0.05, 0.1) is 6.21 Å². The summed E-state index contributed by atoms with van der Waals surface area (Å²) in [5, 5.41) is 3.92. The van der Waals surface area contributed by atoms with Gasteiger partial charge in [-0.1, -0.05) is 24.3 Å².